The first-order valence-corrected chi connectivity index (χ1v) is 10.0. The molecule has 2 heterocycles. The van der Waals surface area contributed by atoms with Gasteiger partial charge < -0.3 is 4.98 Å². The van der Waals surface area contributed by atoms with Gasteiger partial charge in [-0.05, 0) is 37.6 Å². The number of aromatic amines is 1. The fourth-order valence-electron chi connectivity index (χ4n) is 2.40. The van der Waals surface area contributed by atoms with Crippen LogP contribution in [0.2, 0.25) is 0 Å². The zero-order chi connectivity index (χ0) is 19.8. The monoisotopic (exact) mass is 410 g/mol. The number of aryl methyl sites for hydroxylation is 2. The van der Waals surface area contributed by atoms with Gasteiger partial charge >= 0.3 is 0 Å². The molecule has 0 saturated heterocycles. The molecule has 0 aliphatic heterocycles. The number of hydrogen-bond acceptors (Lipinski definition) is 6. The molecule has 2 aromatic heterocycles. The number of nitrogens with one attached hydrogen (secondary N) is 3. The van der Waals surface area contributed by atoms with Crippen LogP contribution < -0.4 is 15.8 Å². The number of H-pyrrole nitrogens is 1. The second kappa shape index (κ2) is 7.18. The number of sulfonamides is 1. The molecule has 0 fully saturated rings. The van der Waals surface area contributed by atoms with Crippen molar-refractivity contribution in [2.24, 2.45) is 0 Å². The normalized spacial score (nSPS) is 11.7. The van der Waals surface area contributed by atoms with Crippen LogP contribution in [-0.4, -0.2) is 24.3 Å². The second-order valence-electron chi connectivity index (χ2n) is 5.76. The molecule has 1 aromatic carbocycles. The number of hydrazine groups is 1. The van der Waals surface area contributed by atoms with Crippen LogP contribution in [0.5, 0.6) is 0 Å². The number of carbonyl (C=O) groups excluding carboxylic acids is 1. The van der Waals surface area contributed by atoms with E-state index in [0.717, 1.165) is 22.6 Å². The summed E-state index contributed by atoms with van der Waals surface area (Å²) in [5.74, 6) is -1.35. The van der Waals surface area contributed by atoms with E-state index in [1.165, 1.54) is 23.5 Å². The Kier molecular flexibility index (Phi) is 5.09. The van der Waals surface area contributed by atoms with Crippen molar-refractivity contribution in [3.63, 3.8) is 0 Å². The van der Waals surface area contributed by atoms with E-state index in [-0.39, 0.29) is 22.7 Å². The maximum absolute atomic E-state index is 13.2. The van der Waals surface area contributed by atoms with Gasteiger partial charge in [0, 0.05) is 4.88 Å². The molecule has 0 aliphatic rings. The Morgan fingerprint density at radius 2 is 2.07 bits per heavy atom. The van der Waals surface area contributed by atoms with E-state index in [9.17, 15) is 22.4 Å². The molecule has 0 saturated carbocycles. The maximum atomic E-state index is 13.2. The average molecular weight is 410 g/mol. The number of aromatic nitrogens is 2. The van der Waals surface area contributed by atoms with Gasteiger partial charge in [0.05, 0.1) is 16.7 Å². The van der Waals surface area contributed by atoms with Crippen LogP contribution in [0.15, 0.2) is 34.0 Å². The second-order valence-corrected chi connectivity index (χ2v) is 8.65. The Morgan fingerprint density at radius 3 is 2.78 bits per heavy atom. The van der Waals surface area contributed by atoms with Crippen molar-refractivity contribution in [2.75, 3.05) is 0 Å². The summed E-state index contributed by atoms with van der Waals surface area (Å²) < 4.78 is 37.3. The fourth-order valence-corrected chi connectivity index (χ4v) is 4.34. The molecular weight excluding hydrogens is 395 g/mol. The van der Waals surface area contributed by atoms with Gasteiger partial charge in [-0.25, -0.2) is 17.8 Å². The van der Waals surface area contributed by atoms with Crippen molar-refractivity contribution in [3.8, 4) is 0 Å². The molecule has 11 heteroatoms. The number of thiophene rings is 1. The Hall–Kier alpha value is -2.63. The van der Waals surface area contributed by atoms with E-state index in [1.54, 1.807) is 0 Å². The topological polar surface area (TPSA) is 121 Å². The number of halogens is 1. The van der Waals surface area contributed by atoms with E-state index in [4.69, 9.17) is 0 Å². The van der Waals surface area contributed by atoms with Gasteiger partial charge in [0.25, 0.3) is 15.6 Å². The lowest BCUT2D eigenvalue weighted by Gasteiger charge is -2.08. The average Bonchev–Trinajstić information content (AvgIpc) is 2.88. The van der Waals surface area contributed by atoms with Crippen LogP contribution in [0.25, 0.3) is 10.2 Å². The van der Waals surface area contributed by atoms with E-state index in [0.29, 0.717) is 10.2 Å². The lowest BCUT2D eigenvalue weighted by molar-refractivity contribution is -0.121. The number of rotatable bonds is 5. The van der Waals surface area contributed by atoms with Gasteiger partial charge in [0.1, 0.15) is 16.5 Å². The molecule has 0 unspecified atom stereocenters. The largest absolute Gasteiger partial charge is 0.309 e. The van der Waals surface area contributed by atoms with Crippen molar-refractivity contribution >= 4 is 37.5 Å². The van der Waals surface area contributed by atoms with Crippen molar-refractivity contribution in [3.05, 3.63) is 56.7 Å². The van der Waals surface area contributed by atoms with Crippen molar-refractivity contribution in [2.45, 2.75) is 25.2 Å². The highest BCUT2D eigenvalue weighted by molar-refractivity contribution is 7.89. The minimum atomic E-state index is -4.13. The van der Waals surface area contributed by atoms with Gasteiger partial charge in [0.2, 0.25) is 5.91 Å². The summed E-state index contributed by atoms with van der Waals surface area (Å²) in [6.07, 6.45) is -0.340. The highest BCUT2D eigenvalue weighted by Crippen LogP contribution is 2.25. The number of nitrogens with zero attached hydrogens (tertiary/aromatic N) is 1. The zero-order valence-electron chi connectivity index (χ0n) is 14.3. The molecule has 3 rings (SSSR count). The molecule has 0 radical (unpaired) electrons. The minimum absolute atomic E-state index is 0.108. The quantitative estimate of drug-likeness (QED) is 0.548. The number of hydrogen-bond donors (Lipinski definition) is 3. The number of benzene rings is 1. The summed E-state index contributed by atoms with van der Waals surface area (Å²) in [7, 11) is -4.13. The van der Waals surface area contributed by atoms with Gasteiger partial charge in [0.15, 0.2) is 0 Å². The van der Waals surface area contributed by atoms with Crippen molar-refractivity contribution < 1.29 is 17.6 Å². The summed E-state index contributed by atoms with van der Waals surface area (Å²) in [5, 5.41) is 0.480. The van der Waals surface area contributed by atoms with Gasteiger partial charge in [-0.2, -0.15) is 0 Å². The highest BCUT2D eigenvalue weighted by Gasteiger charge is 2.17. The third kappa shape index (κ3) is 4.04. The lowest BCUT2D eigenvalue weighted by Crippen LogP contribution is -2.42. The molecule has 0 spiro atoms. The SMILES string of the molecule is Cc1sc2nc(CC(=O)NNS(=O)(=O)c3cccc(F)c3)[nH]c(=O)c2c1C. The first-order valence-electron chi connectivity index (χ1n) is 7.72. The summed E-state index contributed by atoms with van der Waals surface area (Å²) in [4.78, 5) is 34.0. The molecule has 3 N–H and O–H groups in total. The predicted octanol–water partition coefficient (Wildman–Crippen LogP) is 1.29. The molecule has 0 bridgehead atoms. The minimum Gasteiger partial charge on any atom is -0.309 e. The maximum Gasteiger partial charge on any atom is 0.259 e. The molecule has 3 aromatic rings. The third-order valence-corrected chi connectivity index (χ3v) is 6.19. The summed E-state index contributed by atoms with van der Waals surface area (Å²) in [6.45, 7) is 3.69. The summed E-state index contributed by atoms with van der Waals surface area (Å²) >= 11 is 1.34. The Labute approximate surface area is 157 Å². The van der Waals surface area contributed by atoms with Crippen molar-refractivity contribution in [1.82, 2.24) is 20.2 Å². The highest BCUT2D eigenvalue weighted by atomic mass is 32.2. The Morgan fingerprint density at radius 1 is 1.33 bits per heavy atom. The standard InChI is InChI=1S/C16H15FN4O4S2/c1-8-9(2)26-16-14(8)15(23)18-12(19-16)7-13(22)20-21-27(24,25)11-5-3-4-10(17)6-11/h3-6,21H,7H2,1-2H3,(H,20,22)(H,18,19,23). The number of fused-ring (bicyclic) bond motifs is 1. The van der Waals surface area contributed by atoms with E-state index in [2.05, 4.69) is 9.97 Å². The van der Waals surface area contributed by atoms with Gasteiger partial charge in [-0.3, -0.25) is 15.0 Å². The molecule has 0 atom stereocenters. The van der Waals surface area contributed by atoms with Crippen LogP contribution in [0.3, 0.4) is 0 Å². The first-order chi connectivity index (χ1) is 12.7. The smallest absolute Gasteiger partial charge is 0.259 e. The van der Waals surface area contributed by atoms with Crippen LogP contribution in [0, 0.1) is 19.7 Å². The Bertz CT molecular complexity index is 1200. The first kappa shape index (κ1) is 19.1. The van der Waals surface area contributed by atoms with Crippen LogP contribution in [0.4, 0.5) is 4.39 Å². The van der Waals surface area contributed by atoms with E-state index < -0.39 is 21.7 Å². The number of amides is 1. The molecule has 1 amide bonds. The van der Waals surface area contributed by atoms with Crippen LogP contribution in [0.1, 0.15) is 16.3 Å². The van der Waals surface area contributed by atoms with E-state index >= 15 is 0 Å². The molecule has 8 nitrogen and oxygen atoms in total. The van der Waals surface area contributed by atoms with E-state index in [1.807, 2.05) is 24.1 Å². The Balaban J connectivity index is 1.73. The van der Waals surface area contributed by atoms with Gasteiger partial charge in [-0.1, -0.05) is 6.07 Å². The predicted molar refractivity (Wildman–Crippen MR) is 98.3 cm³/mol. The summed E-state index contributed by atoms with van der Waals surface area (Å²) in [5.41, 5.74) is 2.49. The molecular formula is C16H15FN4O4S2. The molecule has 27 heavy (non-hydrogen) atoms. The van der Waals surface area contributed by atoms with Gasteiger partial charge in [-0.15, -0.1) is 16.2 Å². The molecule has 0 aliphatic carbocycles. The number of carbonyl (C=O) groups is 1. The fraction of sp³-hybridized carbons (Fsp3) is 0.188. The van der Waals surface area contributed by atoms with Crippen LogP contribution in [-0.2, 0) is 21.2 Å². The molecule has 142 valence electrons. The van der Waals surface area contributed by atoms with Crippen LogP contribution >= 0.6 is 11.3 Å². The lowest BCUT2D eigenvalue weighted by atomic mass is 10.2. The third-order valence-electron chi connectivity index (χ3n) is 3.85. The zero-order valence-corrected chi connectivity index (χ0v) is 15.9. The van der Waals surface area contributed by atoms with Crippen molar-refractivity contribution in [1.29, 1.82) is 0 Å². The summed E-state index contributed by atoms with van der Waals surface area (Å²) in [6, 6.07) is 4.35.